The number of ether oxygens (including phenoxy) is 2. The average molecular weight is 258 g/mol. The monoisotopic (exact) mass is 258 g/mol. The molecular formula is C15H30O3. The van der Waals surface area contributed by atoms with E-state index in [0.29, 0.717) is 6.61 Å². The number of aliphatic hydroxyl groups is 1. The van der Waals surface area contributed by atoms with Gasteiger partial charge >= 0.3 is 0 Å². The van der Waals surface area contributed by atoms with E-state index in [1.54, 1.807) is 0 Å². The second kappa shape index (κ2) is 11.9. The van der Waals surface area contributed by atoms with Crippen molar-refractivity contribution >= 4 is 0 Å². The van der Waals surface area contributed by atoms with Gasteiger partial charge in [-0.2, -0.15) is 0 Å². The van der Waals surface area contributed by atoms with Crippen molar-refractivity contribution in [2.24, 2.45) is 0 Å². The Morgan fingerprint density at radius 1 is 0.722 bits per heavy atom. The molecule has 1 fully saturated rings. The van der Waals surface area contributed by atoms with Gasteiger partial charge in [-0.1, -0.05) is 44.9 Å². The minimum Gasteiger partial charge on any atom is -0.396 e. The standard InChI is InChI=1S/C15H30O3/c16-12-9-7-5-3-1-2-4-6-8-11-15-17-13-10-14-18-15/h15-16H,1-14H2. The summed E-state index contributed by atoms with van der Waals surface area (Å²) >= 11 is 0. The van der Waals surface area contributed by atoms with Gasteiger partial charge in [-0.3, -0.25) is 0 Å². The topological polar surface area (TPSA) is 38.7 Å². The van der Waals surface area contributed by atoms with E-state index in [1.165, 1.54) is 51.4 Å². The summed E-state index contributed by atoms with van der Waals surface area (Å²) < 4.78 is 11.0. The molecule has 0 spiro atoms. The SMILES string of the molecule is OCCCCCCCCCCCC1OCCCO1. The summed E-state index contributed by atoms with van der Waals surface area (Å²) in [7, 11) is 0. The zero-order valence-electron chi connectivity index (χ0n) is 11.7. The lowest BCUT2D eigenvalue weighted by atomic mass is 10.1. The van der Waals surface area contributed by atoms with Gasteiger partial charge < -0.3 is 14.6 Å². The smallest absolute Gasteiger partial charge is 0.157 e. The molecule has 1 rings (SSSR count). The molecule has 0 atom stereocenters. The van der Waals surface area contributed by atoms with Crippen LogP contribution in [0.3, 0.4) is 0 Å². The Balaban J connectivity index is 1.73. The van der Waals surface area contributed by atoms with Crippen LogP contribution >= 0.6 is 0 Å². The number of rotatable bonds is 11. The Morgan fingerprint density at radius 3 is 1.78 bits per heavy atom. The molecular weight excluding hydrogens is 228 g/mol. The van der Waals surface area contributed by atoms with Crippen molar-refractivity contribution in [2.45, 2.75) is 76.9 Å². The van der Waals surface area contributed by atoms with E-state index in [0.717, 1.165) is 32.5 Å². The summed E-state index contributed by atoms with van der Waals surface area (Å²) in [4.78, 5) is 0. The van der Waals surface area contributed by atoms with Gasteiger partial charge in [-0.15, -0.1) is 0 Å². The first-order valence-corrected chi connectivity index (χ1v) is 7.77. The third-order valence-electron chi connectivity index (χ3n) is 3.49. The van der Waals surface area contributed by atoms with Crippen LogP contribution in [0.4, 0.5) is 0 Å². The maximum atomic E-state index is 8.65. The molecule has 0 aromatic rings. The Kier molecular flexibility index (Phi) is 10.6. The molecule has 0 bridgehead atoms. The van der Waals surface area contributed by atoms with Gasteiger partial charge in [-0.05, 0) is 25.7 Å². The second-order valence-electron chi connectivity index (χ2n) is 5.22. The van der Waals surface area contributed by atoms with Gasteiger partial charge in [0.25, 0.3) is 0 Å². The van der Waals surface area contributed by atoms with Crippen LogP contribution in [0.15, 0.2) is 0 Å². The molecule has 1 saturated heterocycles. The van der Waals surface area contributed by atoms with Crippen LogP contribution in [-0.4, -0.2) is 31.2 Å². The van der Waals surface area contributed by atoms with E-state index < -0.39 is 0 Å². The average Bonchev–Trinajstić information content (AvgIpc) is 2.42. The third kappa shape index (κ3) is 8.90. The summed E-state index contributed by atoms with van der Waals surface area (Å²) in [6, 6.07) is 0. The molecule has 0 aromatic heterocycles. The number of hydrogen-bond acceptors (Lipinski definition) is 3. The highest BCUT2D eigenvalue weighted by Gasteiger charge is 2.12. The highest BCUT2D eigenvalue weighted by Crippen LogP contribution is 2.15. The normalized spacial score (nSPS) is 17.2. The second-order valence-corrected chi connectivity index (χ2v) is 5.22. The van der Waals surface area contributed by atoms with Crippen molar-refractivity contribution in [3.8, 4) is 0 Å². The summed E-state index contributed by atoms with van der Waals surface area (Å²) in [5, 5.41) is 8.65. The van der Waals surface area contributed by atoms with Gasteiger partial charge in [0, 0.05) is 6.61 Å². The molecule has 0 unspecified atom stereocenters. The first-order valence-electron chi connectivity index (χ1n) is 7.77. The van der Waals surface area contributed by atoms with Gasteiger partial charge in [0.05, 0.1) is 13.2 Å². The van der Waals surface area contributed by atoms with Gasteiger partial charge in [0.1, 0.15) is 0 Å². The minimum atomic E-state index is 0.0808. The Labute approximate surface area is 112 Å². The van der Waals surface area contributed by atoms with Gasteiger partial charge in [0.15, 0.2) is 6.29 Å². The Bertz CT molecular complexity index is 167. The molecule has 0 saturated carbocycles. The molecule has 18 heavy (non-hydrogen) atoms. The van der Waals surface area contributed by atoms with Crippen LogP contribution in [0.1, 0.15) is 70.6 Å². The van der Waals surface area contributed by atoms with Crippen LogP contribution < -0.4 is 0 Å². The maximum Gasteiger partial charge on any atom is 0.157 e. The molecule has 3 nitrogen and oxygen atoms in total. The number of aliphatic hydroxyl groups excluding tert-OH is 1. The van der Waals surface area contributed by atoms with E-state index >= 15 is 0 Å². The van der Waals surface area contributed by atoms with Gasteiger partial charge in [0.2, 0.25) is 0 Å². The van der Waals surface area contributed by atoms with Crippen molar-refractivity contribution < 1.29 is 14.6 Å². The van der Waals surface area contributed by atoms with E-state index in [2.05, 4.69) is 0 Å². The molecule has 3 heteroatoms. The fourth-order valence-corrected chi connectivity index (χ4v) is 2.36. The minimum absolute atomic E-state index is 0.0808. The van der Waals surface area contributed by atoms with Crippen molar-refractivity contribution in [1.82, 2.24) is 0 Å². The fourth-order valence-electron chi connectivity index (χ4n) is 2.36. The van der Waals surface area contributed by atoms with E-state index in [1.807, 2.05) is 0 Å². The first-order chi connectivity index (χ1) is 8.93. The molecule has 0 aromatic carbocycles. The van der Waals surface area contributed by atoms with Crippen LogP contribution in [0, 0.1) is 0 Å². The van der Waals surface area contributed by atoms with Gasteiger partial charge in [-0.25, -0.2) is 0 Å². The summed E-state index contributed by atoms with van der Waals surface area (Å²) in [6.07, 6.45) is 13.5. The van der Waals surface area contributed by atoms with Crippen LogP contribution in [0.5, 0.6) is 0 Å². The van der Waals surface area contributed by atoms with E-state index in [9.17, 15) is 0 Å². The molecule has 1 aliphatic rings. The fraction of sp³-hybridized carbons (Fsp3) is 1.00. The molecule has 1 aliphatic heterocycles. The van der Waals surface area contributed by atoms with Crippen molar-refractivity contribution in [3.05, 3.63) is 0 Å². The molecule has 0 radical (unpaired) electrons. The lowest BCUT2D eigenvalue weighted by Gasteiger charge is -2.22. The van der Waals surface area contributed by atoms with Crippen LogP contribution in [0.2, 0.25) is 0 Å². The summed E-state index contributed by atoms with van der Waals surface area (Å²) in [6.45, 7) is 2.10. The third-order valence-corrected chi connectivity index (χ3v) is 3.49. The first kappa shape index (κ1) is 15.9. The van der Waals surface area contributed by atoms with E-state index in [4.69, 9.17) is 14.6 Å². The van der Waals surface area contributed by atoms with Crippen molar-refractivity contribution in [1.29, 1.82) is 0 Å². The Hall–Kier alpha value is -0.120. The predicted molar refractivity (Wildman–Crippen MR) is 73.6 cm³/mol. The molecule has 0 amide bonds. The lowest BCUT2D eigenvalue weighted by molar-refractivity contribution is -0.181. The summed E-state index contributed by atoms with van der Waals surface area (Å²) in [5.41, 5.74) is 0. The van der Waals surface area contributed by atoms with Crippen LogP contribution in [-0.2, 0) is 9.47 Å². The largest absolute Gasteiger partial charge is 0.396 e. The highest BCUT2D eigenvalue weighted by atomic mass is 16.7. The summed E-state index contributed by atoms with van der Waals surface area (Å²) in [5.74, 6) is 0. The molecule has 1 N–H and O–H groups in total. The van der Waals surface area contributed by atoms with Crippen molar-refractivity contribution in [2.75, 3.05) is 19.8 Å². The zero-order valence-corrected chi connectivity index (χ0v) is 11.7. The Morgan fingerprint density at radius 2 is 1.22 bits per heavy atom. The molecule has 108 valence electrons. The van der Waals surface area contributed by atoms with E-state index in [-0.39, 0.29) is 6.29 Å². The zero-order chi connectivity index (χ0) is 12.9. The highest BCUT2D eigenvalue weighted by molar-refractivity contribution is 4.53. The predicted octanol–water partition coefficient (Wildman–Crippen LogP) is 3.64. The van der Waals surface area contributed by atoms with Crippen molar-refractivity contribution in [3.63, 3.8) is 0 Å². The number of unbranched alkanes of at least 4 members (excludes halogenated alkanes) is 8. The number of hydrogen-bond donors (Lipinski definition) is 1. The lowest BCUT2D eigenvalue weighted by Crippen LogP contribution is -2.24. The quantitative estimate of drug-likeness (QED) is 0.575. The molecule has 1 heterocycles. The molecule has 0 aliphatic carbocycles. The maximum absolute atomic E-state index is 8.65. The van der Waals surface area contributed by atoms with Crippen LogP contribution in [0.25, 0.3) is 0 Å².